The Kier molecular flexibility index (Phi) is 71.8. The van der Waals surface area contributed by atoms with E-state index in [-0.39, 0.29) is 43.1 Å². The van der Waals surface area contributed by atoms with E-state index in [1.807, 2.05) is 26.0 Å². The second kappa shape index (κ2) is 74.4. The Hall–Kier alpha value is -0.0603. The molecule has 340 valence electrons. The maximum Gasteiger partial charge on any atom is 0.210 e. The van der Waals surface area contributed by atoms with Crippen molar-refractivity contribution in [3.63, 3.8) is 0 Å². The van der Waals surface area contributed by atoms with Crippen LogP contribution in [0.2, 0.25) is 27.3 Å². The summed E-state index contributed by atoms with van der Waals surface area (Å²) in [7, 11) is 0. The van der Waals surface area contributed by atoms with Gasteiger partial charge in [-0.15, -0.1) is 0 Å². The van der Waals surface area contributed by atoms with Crippen molar-refractivity contribution in [1.29, 1.82) is 11.1 Å². The molecule has 3 aromatic rings. The van der Waals surface area contributed by atoms with Gasteiger partial charge in [0.15, 0.2) is 32.4 Å². The summed E-state index contributed by atoms with van der Waals surface area (Å²) < 4.78 is 51.1. The van der Waals surface area contributed by atoms with Gasteiger partial charge >= 0.3 is 0 Å². The fraction of sp³-hybridized carbons (Fsp3) is 0.657. The number of hydrogen-bond acceptors (Lipinski definition) is 13. The molecule has 0 fully saturated rings. The molecule has 0 aliphatic carbocycles. The largest absolute Gasteiger partial charge is 1.00 e. The first-order valence-electron chi connectivity index (χ1n) is 22.2. The highest BCUT2D eigenvalue weighted by atomic mass is 79.9. The normalized spacial score (nSPS) is 10.3. The van der Waals surface area contributed by atoms with E-state index < -0.39 is 0 Å². The van der Waals surface area contributed by atoms with Crippen molar-refractivity contribution < 1.29 is 47.3 Å². The molecular formula is C35H76B4Br3N6O6S4-. The first-order valence-corrected chi connectivity index (χ1v) is 22.6. The third-order valence-corrected chi connectivity index (χ3v) is 6.34. The van der Waals surface area contributed by atoms with Crippen molar-refractivity contribution in [2.45, 2.75) is 106 Å². The van der Waals surface area contributed by atoms with E-state index in [1.165, 1.54) is 6.33 Å². The molecule has 0 saturated heterocycles. The number of H-pyrrole nitrogens is 3. The van der Waals surface area contributed by atoms with Gasteiger partial charge in [0.1, 0.15) is 5.69 Å². The molecule has 0 spiro atoms. The molecule has 0 unspecified atom stereocenters. The molecule has 3 rings (SSSR count). The Labute approximate surface area is 415 Å². The van der Waals surface area contributed by atoms with E-state index in [2.05, 4.69) is 139 Å². The summed E-state index contributed by atoms with van der Waals surface area (Å²) in [4.78, 5) is 30.8. The van der Waals surface area contributed by atoms with Gasteiger partial charge in [0.25, 0.3) is 0 Å². The third kappa shape index (κ3) is 73.5. The quantitative estimate of drug-likeness (QED) is 0.0297. The Balaban J connectivity index is -0.0000000975. The van der Waals surface area contributed by atoms with Crippen LogP contribution in [0.3, 0.4) is 0 Å². The van der Waals surface area contributed by atoms with Gasteiger partial charge in [-0.3, -0.25) is 4.79 Å². The SMILES string of the molecule is Cc1[nH]cnc1C=O.OCCCBr.[2H]B(C)S.[2H]B(C)S.[2H]B(C)S.[2H]B(C)S.[3H]OCCC=Cc1nc[nH]c1C.[3H]OCCCBr.[3H]OCCCC.[3H]OCCCCc1nc[nH]c1C.[Br-]. The Morgan fingerprint density at radius 1 is 0.707 bits per heavy atom. The lowest BCUT2D eigenvalue weighted by Gasteiger charge is -1.95. The maximum absolute atomic E-state index is 10.0. The van der Waals surface area contributed by atoms with Crippen LogP contribution in [0, 0.1) is 20.8 Å². The van der Waals surface area contributed by atoms with Crippen LogP contribution < -0.4 is 17.0 Å². The van der Waals surface area contributed by atoms with Gasteiger partial charge in [0.05, 0.1) is 30.4 Å². The van der Waals surface area contributed by atoms with Gasteiger partial charge in [0.2, 0.25) is 5.72 Å². The fourth-order valence-corrected chi connectivity index (χ4v) is 3.06. The van der Waals surface area contributed by atoms with Crippen LogP contribution in [-0.2, 0) is 6.42 Å². The minimum atomic E-state index is -0.222. The van der Waals surface area contributed by atoms with Gasteiger partial charge in [-0.05, 0) is 77.1 Å². The zero-order chi connectivity index (χ0) is 51.7. The van der Waals surface area contributed by atoms with E-state index in [1.54, 1.807) is 46.9 Å². The molecule has 3 heterocycles. The number of rotatable bonds is 18. The Morgan fingerprint density at radius 2 is 1.12 bits per heavy atom. The summed E-state index contributed by atoms with van der Waals surface area (Å²) in [5.74, 6) is 0. The van der Waals surface area contributed by atoms with E-state index in [0.29, 0.717) is 38.7 Å². The number of nitrogens with one attached hydrogen (secondary N) is 3. The molecule has 3 aromatic heterocycles. The monoisotopic (exact) mass is 1100 g/mol. The number of aromatic amines is 3. The average Bonchev–Trinajstić information content (AvgIpc) is 3.97. The van der Waals surface area contributed by atoms with Crippen LogP contribution in [-0.4, -0.2) is 143 Å². The number of nitrogens with zero attached hydrogens (tertiary/aromatic N) is 3. The molecule has 0 atom stereocenters. The van der Waals surface area contributed by atoms with E-state index in [0.717, 1.165) is 96.8 Å². The molecule has 0 aromatic carbocycles. The summed E-state index contributed by atoms with van der Waals surface area (Å²) in [6.07, 6.45) is 17.0. The minimum Gasteiger partial charge on any atom is -1.00 e. The van der Waals surface area contributed by atoms with Crippen LogP contribution in [0.25, 0.3) is 6.08 Å². The number of carbonyl (C=O) groups is 1. The molecule has 0 bridgehead atoms. The van der Waals surface area contributed by atoms with Crippen LogP contribution in [0.4, 0.5) is 0 Å². The summed E-state index contributed by atoms with van der Waals surface area (Å²) in [5.41, 5.74) is 5.57. The fourth-order valence-electron chi connectivity index (χ4n) is 2.58. The molecule has 0 aliphatic heterocycles. The highest BCUT2D eigenvalue weighted by Gasteiger charge is 1.99. The summed E-state index contributed by atoms with van der Waals surface area (Å²) in [5, 5.41) is 26.3. The van der Waals surface area contributed by atoms with Crippen LogP contribution >= 0.6 is 81.8 Å². The number of aliphatic hydroxyl groups excluding tert-OH is 5. The van der Waals surface area contributed by atoms with Gasteiger partial charge < -0.3 is 57.5 Å². The van der Waals surface area contributed by atoms with Gasteiger partial charge in [0, 0.05) is 60.8 Å². The highest BCUT2D eigenvalue weighted by Crippen LogP contribution is 2.05. The van der Waals surface area contributed by atoms with Gasteiger partial charge in [-0.2, -0.15) is 0 Å². The van der Waals surface area contributed by atoms with E-state index >= 15 is 0 Å². The standard InChI is InChI=1S/C8H14N2O.C8H12N2O.C5H6N2O.C4H10O.2C3H7BrO.4CH5BS.BrH/c2*1-7-8(10-6-9-7)4-2-3-5-11;1-4-5(2-8)7-3-6-4;1-2-3-4-5;2*4-2-1-3-5;4*1-2-3;/h6,11H,2-5H2,1H3,(H,9,10);2,4,6,11H,3,5H2,1H3,(H,9,10);2-3H,1H3,(H,6,7);5H,2-4H2,1H3;2*5H,1-3H2;4*2-3H,1H3;1H/p-1/i2*11T;;2*5T;;4*2D;. The third-order valence-electron chi connectivity index (χ3n) is 5.22. The average molecular weight is 1100 g/mol. The molecule has 0 amide bonds. The lowest BCUT2D eigenvalue weighted by Crippen LogP contribution is -3.00. The topological polar surface area (TPSA) is 204 Å². The lowest BCUT2D eigenvalue weighted by atomic mass is 10.2. The molecule has 0 saturated carbocycles. The molecule has 0 aliphatic rings. The predicted octanol–water partition coefficient (Wildman–Crippen LogP) is 3.25. The number of aryl methyl sites for hydroxylation is 4. The Morgan fingerprint density at radius 3 is 1.41 bits per heavy atom. The van der Waals surface area contributed by atoms with E-state index in [9.17, 15) is 4.79 Å². The maximum atomic E-state index is 10.0. The first-order chi connectivity index (χ1) is 30.7. The first kappa shape index (κ1) is 56.0. The molecule has 23 heteroatoms. The number of hydrogen-bond donors (Lipinski definition) is 12. The Bertz CT molecular complexity index is 1300. The number of aldehydes is 1. The molecule has 12 nitrogen and oxygen atoms in total. The second-order valence-corrected chi connectivity index (χ2v) is 13.7. The van der Waals surface area contributed by atoms with Gasteiger partial charge in [-0.1, -0.05) is 78.6 Å². The van der Waals surface area contributed by atoms with Crippen molar-refractivity contribution >= 4 is 120 Å². The lowest BCUT2D eigenvalue weighted by molar-refractivity contribution is -0.0000239. The number of imidazole rings is 3. The smallest absolute Gasteiger partial charge is 0.210 e. The molecule has 0 radical (unpaired) electrons. The molecule has 8 N–H and O–H groups in total. The summed E-state index contributed by atoms with van der Waals surface area (Å²) >= 11 is 20.9. The number of unbranched alkanes of at least 4 members (excludes halogenated alkanes) is 2. The number of aromatic nitrogens is 6. The van der Waals surface area contributed by atoms with Crippen molar-refractivity contribution in [2.75, 3.05) is 43.7 Å². The molecule has 58 heavy (non-hydrogen) atoms. The van der Waals surface area contributed by atoms with Crippen molar-refractivity contribution in [3.05, 3.63) is 59.2 Å². The van der Waals surface area contributed by atoms with Crippen molar-refractivity contribution in [2.24, 2.45) is 0 Å². The summed E-state index contributed by atoms with van der Waals surface area (Å²) in [6, 6.07) is 0. The zero-order valence-electron chi connectivity index (χ0n) is 43.6. The number of thiol groups is 4. The van der Waals surface area contributed by atoms with E-state index in [4.69, 9.17) is 16.2 Å². The highest BCUT2D eigenvalue weighted by molar-refractivity contribution is 9.09. The number of halogens is 3. The van der Waals surface area contributed by atoms with Crippen molar-refractivity contribution in [1.82, 2.24) is 29.9 Å². The van der Waals surface area contributed by atoms with Gasteiger partial charge in [-0.25, -0.2) is 64.9 Å². The summed E-state index contributed by atoms with van der Waals surface area (Å²) in [6.45, 7) is 16.1. The number of alkyl halides is 2. The van der Waals surface area contributed by atoms with Crippen LogP contribution in [0.15, 0.2) is 25.1 Å². The van der Waals surface area contributed by atoms with Crippen LogP contribution in [0.1, 0.15) is 90.8 Å². The molecular weight excluding hydrogens is 1010 g/mol. The number of aliphatic hydroxyl groups is 5. The second-order valence-electron chi connectivity index (χ2n) is 10.1. The number of carbonyl (C=O) groups excluding carboxylic acids is 1. The minimum absolute atomic E-state index is 0. The van der Waals surface area contributed by atoms with Crippen LogP contribution in [0.5, 0.6) is 0 Å². The zero-order valence-corrected chi connectivity index (χ0v) is 44.0. The van der Waals surface area contributed by atoms with Crippen molar-refractivity contribution in [3.8, 4) is 0 Å². The predicted molar refractivity (Wildman–Crippen MR) is 277 cm³/mol.